The number of hydrogen-bond donors (Lipinski definition) is 8. The number of para-hydroxylation sites is 1. The molecular formula is C61H90ClN7O13. The fourth-order valence-corrected chi connectivity index (χ4v) is 11.9. The minimum atomic E-state index is -1.71. The molecule has 0 spiro atoms. The number of likely N-dealkylation sites (N-methyl/N-ethyl adjacent to an activating group) is 1. The molecule has 0 radical (unpaired) electrons. The summed E-state index contributed by atoms with van der Waals surface area (Å²) in [5, 5.41) is 50.8. The Morgan fingerprint density at radius 2 is 1.51 bits per heavy atom. The number of nitrogens with one attached hydrogen (secondary N) is 5. The zero-order valence-corrected chi connectivity index (χ0v) is 50.6. The van der Waals surface area contributed by atoms with Gasteiger partial charge in [0.25, 0.3) is 0 Å². The molecule has 0 aliphatic carbocycles. The summed E-state index contributed by atoms with van der Waals surface area (Å²) in [5.41, 5.74) is -0.458. The Balaban J connectivity index is 1.29. The number of nitrogens with zero attached hydrogens (tertiary/aromatic N) is 2. The van der Waals surface area contributed by atoms with Crippen LogP contribution in [-0.4, -0.2) is 174 Å². The lowest BCUT2D eigenvalue weighted by molar-refractivity contribution is -0.317. The van der Waals surface area contributed by atoms with Gasteiger partial charge in [0.15, 0.2) is 12.6 Å². The number of carbonyl (C=O) groups is 5. The maximum absolute atomic E-state index is 14.9. The molecule has 8 N–H and O–H groups in total. The highest BCUT2D eigenvalue weighted by Gasteiger charge is 2.51. The molecule has 3 aliphatic heterocycles. The van der Waals surface area contributed by atoms with Gasteiger partial charge in [-0.2, -0.15) is 0 Å². The van der Waals surface area contributed by atoms with E-state index in [0.717, 1.165) is 5.56 Å². The number of rotatable bonds is 15. The van der Waals surface area contributed by atoms with E-state index in [1.807, 2.05) is 38.9 Å². The highest BCUT2D eigenvalue weighted by atomic mass is 35.5. The van der Waals surface area contributed by atoms with E-state index in [0.29, 0.717) is 28.4 Å². The number of methoxy groups -OCH3 is 1. The zero-order valence-electron chi connectivity index (χ0n) is 49.9. The van der Waals surface area contributed by atoms with E-state index in [4.69, 9.17) is 35.3 Å². The van der Waals surface area contributed by atoms with Gasteiger partial charge in [0.1, 0.15) is 24.3 Å². The molecule has 3 aromatic rings. The van der Waals surface area contributed by atoms with Gasteiger partial charge in [-0.25, -0.2) is 4.79 Å². The number of anilines is 2. The molecule has 21 heteroatoms. The molecule has 6 rings (SSSR count). The summed E-state index contributed by atoms with van der Waals surface area (Å²) in [5.74, 6) is -4.55. The van der Waals surface area contributed by atoms with Crippen LogP contribution in [0.25, 0.3) is 0 Å². The summed E-state index contributed by atoms with van der Waals surface area (Å²) >= 11 is 6.50. The van der Waals surface area contributed by atoms with Crippen molar-refractivity contribution in [1.82, 2.24) is 25.8 Å². The minimum Gasteiger partial charge on any atom is -0.387 e. The summed E-state index contributed by atoms with van der Waals surface area (Å²) in [7, 11) is 6.89. The van der Waals surface area contributed by atoms with E-state index in [2.05, 4.69) is 26.6 Å². The highest BCUT2D eigenvalue weighted by Crippen LogP contribution is 2.39. The highest BCUT2D eigenvalue weighted by molar-refractivity contribution is 6.31. The van der Waals surface area contributed by atoms with Crippen molar-refractivity contribution in [1.29, 1.82) is 0 Å². The van der Waals surface area contributed by atoms with Crippen molar-refractivity contribution in [2.75, 3.05) is 45.4 Å². The predicted octanol–water partition coefficient (Wildman–Crippen LogP) is 5.89. The smallest absolute Gasteiger partial charge is 0.319 e. The fraction of sp³-hybridized carbons (Fsp3) is 0.623. The van der Waals surface area contributed by atoms with Crippen LogP contribution in [0.5, 0.6) is 0 Å². The van der Waals surface area contributed by atoms with Crippen LogP contribution < -0.4 is 26.6 Å². The van der Waals surface area contributed by atoms with E-state index in [1.54, 1.807) is 133 Å². The molecule has 82 heavy (non-hydrogen) atoms. The predicted molar refractivity (Wildman–Crippen MR) is 313 cm³/mol. The SMILES string of the molecule is CO[C@]1(C)C[C@H](O[C@H]2[C@H](C)[C@@H](O[C@@H]3O[C@H](C)C[C@H](N(C)C)[C@H]3O)[C@](C)(O)C[C@@H](C)CN(C)C(=O)C[C@@H](Cc3ccc(NC(=O)[C@H](Cc4ccccc4Cl)NC(=O)Nc4ccccc4)cc3)NC(=O)[C@H](C(C)C)NC(=O)[C@@H]2C)O[C@@H](C)[C@@H]1O. The molecule has 3 aromatic carbocycles. The van der Waals surface area contributed by atoms with Gasteiger partial charge in [0.05, 0.1) is 41.5 Å². The van der Waals surface area contributed by atoms with Crippen molar-refractivity contribution in [3.05, 3.63) is 95.0 Å². The standard InChI is InChI=1S/C61H90ClN7O13/c1-34(2)50-57(75)64-44(28-40-23-25-43(26-24-40)63-56(74)46(29-41-19-17-18-22-45(41)62)66-59(76)65-42-20-15-14-16-21-42)30-48(70)69(12)33-35(3)31-60(8,77)54(82-58-51(71)47(68(10)11)27-36(4)79-58)37(5)52(38(6)55(73)67-50)81-49-32-61(9,78-13)53(72)39(7)80-49/h14-26,34-39,44,46-47,49-54,58,71-72,77H,27-33H2,1-13H3,(H,63,74)(H,64,75)(H,67,73)(H2,65,66,76)/t35-,36-,37+,38-,39+,44-,46+,47+,49+,50+,51-,52+,53+,54-,58+,60-,61-/m1/s1. The van der Waals surface area contributed by atoms with E-state index in [1.165, 1.54) is 7.11 Å². The van der Waals surface area contributed by atoms with E-state index >= 15 is 0 Å². The Hall–Kier alpha value is -5.26. The number of amides is 6. The number of aliphatic hydroxyl groups excluding tert-OH is 2. The van der Waals surface area contributed by atoms with Crippen molar-refractivity contribution in [3.8, 4) is 0 Å². The molecule has 454 valence electrons. The van der Waals surface area contributed by atoms with Crippen LogP contribution >= 0.6 is 11.6 Å². The van der Waals surface area contributed by atoms with Gasteiger partial charge in [0, 0.05) is 74.4 Å². The average Bonchev–Trinajstić information content (AvgIpc) is 3.62. The van der Waals surface area contributed by atoms with Crippen molar-refractivity contribution >= 4 is 52.6 Å². The number of carbonyl (C=O) groups excluding carboxylic acids is 5. The number of halogens is 1. The van der Waals surface area contributed by atoms with Gasteiger partial charge >= 0.3 is 6.03 Å². The van der Waals surface area contributed by atoms with E-state index in [9.17, 15) is 39.3 Å². The van der Waals surface area contributed by atoms with Crippen molar-refractivity contribution < 1.29 is 63.0 Å². The van der Waals surface area contributed by atoms with Gasteiger partial charge in [-0.1, -0.05) is 94.8 Å². The average molecular weight is 1160 g/mol. The molecular weight excluding hydrogens is 1070 g/mol. The molecule has 6 amide bonds. The Labute approximate surface area is 489 Å². The van der Waals surface area contributed by atoms with Crippen molar-refractivity contribution in [2.24, 2.45) is 23.7 Å². The van der Waals surface area contributed by atoms with Crippen molar-refractivity contribution in [3.63, 3.8) is 0 Å². The first-order valence-corrected chi connectivity index (χ1v) is 29.0. The summed E-state index contributed by atoms with van der Waals surface area (Å²) in [4.78, 5) is 74.5. The van der Waals surface area contributed by atoms with Crippen LogP contribution in [0, 0.1) is 23.7 Å². The second-order valence-corrected chi connectivity index (χ2v) is 24.5. The number of ether oxygens (including phenoxy) is 5. The van der Waals surface area contributed by atoms with Gasteiger partial charge in [-0.05, 0) is 114 Å². The van der Waals surface area contributed by atoms with Gasteiger partial charge in [0.2, 0.25) is 23.6 Å². The summed E-state index contributed by atoms with van der Waals surface area (Å²) in [6.45, 7) is 16.1. The van der Waals surface area contributed by atoms with Crippen LogP contribution in [0.15, 0.2) is 78.9 Å². The van der Waals surface area contributed by atoms with Crippen LogP contribution in [-0.2, 0) is 55.7 Å². The molecule has 0 unspecified atom stereocenters. The molecule has 3 saturated heterocycles. The maximum Gasteiger partial charge on any atom is 0.319 e. The summed E-state index contributed by atoms with van der Waals surface area (Å²) in [6, 6.07) is 19.0. The van der Waals surface area contributed by atoms with Gasteiger partial charge < -0.3 is 75.4 Å². The molecule has 20 nitrogen and oxygen atoms in total. The Morgan fingerprint density at radius 3 is 2.15 bits per heavy atom. The molecule has 3 aliphatic rings. The molecule has 0 saturated carbocycles. The number of urea groups is 1. The van der Waals surface area contributed by atoms with Crippen LogP contribution in [0.3, 0.4) is 0 Å². The monoisotopic (exact) mass is 1160 g/mol. The maximum atomic E-state index is 14.9. The van der Waals surface area contributed by atoms with Crippen molar-refractivity contribution in [2.45, 2.75) is 185 Å². The first kappa shape index (κ1) is 65.9. The third kappa shape index (κ3) is 17.4. The number of aliphatic hydroxyl groups is 3. The van der Waals surface area contributed by atoms with Crippen LogP contribution in [0.1, 0.15) is 99.1 Å². The minimum absolute atomic E-state index is 0.0756. The number of hydrogen-bond acceptors (Lipinski definition) is 14. The van der Waals surface area contributed by atoms with E-state index in [-0.39, 0.29) is 62.6 Å². The molecule has 17 atom stereocenters. The number of benzene rings is 3. The molecule has 3 heterocycles. The third-order valence-corrected chi connectivity index (χ3v) is 16.8. The Kier molecular flexibility index (Phi) is 23.3. The van der Waals surface area contributed by atoms with Crippen LogP contribution in [0.2, 0.25) is 5.02 Å². The molecule has 3 fully saturated rings. The quantitative estimate of drug-likeness (QED) is 0.0884. The van der Waals surface area contributed by atoms with Crippen LogP contribution in [0.4, 0.5) is 16.2 Å². The van der Waals surface area contributed by atoms with E-state index < -0.39 is 114 Å². The Bertz CT molecular complexity index is 2600. The third-order valence-electron chi connectivity index (χ3n) is 16.4. The lowest BCUT2D eigenvalue weighted by Gasteiger charge is -2.49. The van der Waals surface area contributed by atoms with Gasteiger partial charge in [-0.3, -0.25) is 19.2 Å². The normalized spacial score (nSPS) is 33.2. The lowest BCUT2D eigenvalue weighted by atomic mass is 9.77. The molecule has 0 aromatic heterocycles. The topological polar surface area (TPSA) is 259 Å². The summed E-state index contributed by atoms with van der Waals surface area (Å²) < 4.78 is 32.1. The molecule has 0 bridgehead atoms. The zero-order chi connectivity index (χ0) is 60.4. The second-order valence-electron chi connectivity index (χ2n) is 24.1. The summed E-state index contributed by atoms with van der Waals surface area (Å²) in [6.07, 6.45) is -6.85. The fourth-order valence-electron chi connectivity index (χ4n) is 11.7. The lowest BCUT2D eigenvalue weighted by Crippen LogP contribution is -2.61. The first-order chi connectivity index (χ1) is 38.6. The Morgan fingerprint density at radius 1 is 0.866 bits per heavy atom. The largest absolute Gasteiger partial charge is 0.387 e. The first-order valence-electron chi connectivity index (χ1n) is 28.6. The van der Waals surface area contributed by atoms with Gasteiger partial charge in [-0.15, -0.1) is 0 Å². The second kappa shape index (κ2) is 29.0.